The Kier molecular flexibility index (Phi) is 5.64. The van der Waals surface area contributed by atoms with E-state index in [9.17, 15) is 14.4 Å². The van der Waals surface area contributed by atoms with E-state index in [1.54, 1.807) is 43.7 Å². The van der Waals surface area contributed by atoms with E-state index < -0.39 is 12.5 Å². The average molecular weight is 479 g/mol. The van der Waals surface area contributed by atoms with Crippen LogP contribution in [0.15, 0.2) is 42.7 Å². The Labute approximate surface area is 198 Å². The number of aromatic nitrogens is 3. The third-order valence-electron chi connectivity index (χ3n) is 5.67. The number of fused-ring (bicyclic) bond motifs is 1. The molecule has 11 heteroatoms. The lowest BCUT2D eigenvalue weighted by Gasteiger charge is -2.15. The van der Waals surface area contributed by atoms with E-state index >= 15 is 0 Å². The highest BCUT2D eigenvalue weighted by atomic mass is 32.1. The summed E-state index contributed by atoms with van der Waals surface area (Å²) in [5, 5.41) is 22.3. The van der Waals surface area contributed by atoms with Gasteiger partial charge in [-0.2, -0.15) is 5.10 Å². The second-order valence-corrected chi connectivity index (χ2v) is 9.15. The summed E-state index contributed by atoms with van der Waals surface area (Å²) < 4.78 is 0. The Morgan fingerprint density at radius 2 is 2.03 bits per heavy atom. The van der Waals surface area contributed by atoms with Crippen LogP contribution in [0.5, 0.6) is 0 Å². The van der Waals surface area contributed by atoms with Crippen molar-refractivity contribution in [3.63, 3.8) is 0 Å². The van der Waals surface area contributed by atoms with Crippen molar-refractivity contribution in [1.82, 2.24) is 20.5 Å². The van der Waals surface area contributed by atoms with Gasteiger partial charge in [0.2, 0.25) is 0 Å². The maximum absolute atomic E-state index is 13.1. The molecule has 1 aliphatic rings. The van der Waals surface area contributed by atoms with Gasteiger partial charge in [-0.1, -0.05) is 0 Å². The van der Waals surface area contributed by atoms with Crippen molar-refractivity contribution >= 4 is 51.5 Å². The van der Waals surface area contributed by atoms with Gasteiger partial charge in [0.05, 0.1) is 16.6 Å². The van der Waals surface area contributed by atoms with Gasteiger partial charge in [0, 0.05) is 46.3 Å². The van der Waals surface area contributed by atoms with Gasteiger partial charge in [-0.15, -0.1) is 11.3 Å². The molecule has 0 spiro atoms. The van der Waals surface area contributed by atoms with Crippen molar-refractivity contribution in [2.45, 2.75) is 18.9 Å². The first-order valence-corrected chi connectivity index (χ1v) is 11.5. The topological polar surface area (TPSA) is 143 Å². The third kappa shape index (κ3) is 4.18. The zero-order valence-electron chi connectivity index (χ0n) is 18.2. The van der Waals surface area contributed by atoms with Gasteiger partial charge in [-0.05, 0) is 43.2 Å². The van der Waals surface area contributed by atoms with Gasteiger partial charge in [-0.3, -0.25) is 19.5 Å². The highest BCUT2D eigenvalue weighted by molar-refractivity contribution is 7.17. The number of nitrogens with zero attached hydrogens (tertiary/aromatic N) is 2. The van der Waals surface area contributed by atoms with Crippen LogP contribution in [0, 0.1) is 0 Å². The molecule has 3 amide bonds. The summed E-state index contributed by atoms with van der Waals surface area (Å²) in [7, 11) is 1.56. The number of hydrogen-bond acceptors (Lipinski definition) is 6. The van der Waals surface area contributed by atoms with Gasteiger partial charge in [-0.25, -0.2) is 0 Å². The molecule has 0 unspecified atom stereocenters. The highest BCUT2D eigenvalue weighted by Gasteiger charge is 2.28. The van der Waals surface area contributed by atoms with Crippen LogP contribution in [0.3, 0.4) is 0 Å². The molecule has 0 radical (unpaired) electrons. The molecule has 0 saturated heterocycles. The van der Waals surface area contributed by atoms with Crippen molar-refractivity contribution in [3.05, 3.63) is 53.2 Å². The predicted molar refractivity (Wildman–Crippen MR) is 129 cm³/mol. The van der Waals surface area contributed by atoms with Crippen molar-refractivity contribution in [3.8, 4) is 10.4 Å². The number of carbonyl (C=O) groups is 3. The van der Waals surface area contributed by atoms with Crippen LogP contribution in [0.1, 0.15) is 32.9 Å². The summed E-state index contributed by atoms with van der Waals surface area (Å²) in [6, 6.07) is 8.83. The smallest absolute Gasteiger partial charge is 0.266 e. The van der Waals surface area contributed by atoms with Crippen LogP contribution >= 0.6 is 11.3 Å². The molecular weight excluding hydrogens is 456 g/mol. The molecule has 0 aliphatic heterocycles. The summed E-state index contributed by atoms with van der Waals surface area (Å²) in [5.74, 6) is -0.802. The second-order valence-electron chi connectivity index (χ2n) is 8.07. The number of likely N-dealkylation sites (N-methyl/N-ethyl adjacent to an activating group) is 1. The molecule has 1 saturated carbocycles. The van der Waals surface area contributed by atoms with Crippen LogP contribution in [0.4, 0.5) is 11.5 Å². The monoisotopic (exact) mass is 478 g/mol. The van der Waals surface area contributed by atoms with Crippen LogP contribution in [-0.2, 0) is 4.79 Å². The van der Waals surface area contributed by atoms with Crippen molar-refractivity contribution in [2.75, 3.05) is 23.9 Å². The molecule has 1 aliphatic carbocycles. The molecule has 0 bridgehead atoms. The molecule has 3 heterocycles. The Bertz CT molecular complexity index is 1390. The van der Waals surface area contributed by atoms with Gasteiger partial charge in [0.15, 0.2) is 0 Å². The number of aromatic amines is 2. The lowest BCUT2D eigenvalue weighted by atomic mass is 10.1. The highest BCUT2D eigenvalue weighted by Crippen LogP contribution is 2.32. The van der Waals surface area contributed by atoms with E-state index in [1.165, 1.54) is 16.2 Å². The standard InChI is InChI=1S/C23H22N6O4S/c1-29(19(31)11-30)14-4-5-15-16(8-14)27-21(20(15)23(33)26-13-2-3-13)28-22(32)18-7-6-17(34-18)12-9-24-25-10-12/h4-10,13,27,30H,2-3,11H2,1H3,(H,24,25)(H,26,33)(H,28,32). The Morgan fingerprint density at radius 1 is 1.21 bits per heavy atom. The lowest BCUT2D eigenvalue weighted by molar-refractivity contribution is -0.120. The molecule has 0 atom stereocenters. The van der Waals surface area contributed by atoms with Crippen LogP contribution in [-0.4, -0.2) is 57.7 Å². The number of aliphatic hydroxyl groups is 1. The number of nitrogens with one attached hydrogen (secondary N) is 4. The van der Waals surface area contributed by atoms with Crippen molar-refractivity contribution < 1.29 is 19.5 Å². The average Bonchev–Trinajstić information content (AvgIpc) is 3.25. The Hall–Kier alpha value is -3.96. The maximum atomic E-state index is 13.1. The fourth-order valence-corrected chi connectivity index (χ4v) is 4.52. The zero-order chi connectivity index (χ0) is 23.8. The fourth-order valence-electron chi connectivity index (χ4n) is 3.63. The van der Waals surface area contributed by atoms with E-state index in [2.05, 4.69) is 25.8 Å². The summed E-state index contributed by atoms with van der Waals surface area (Å²) in [6.07, 6.45) is 5.29. The predicted octanol–water partition coefficient (Wildman–Crippen LogP) is 2.72. The number of rotatable bonds is 7. The summed E-state index contributed by atoms with van der Waals surface area (Å²) in [4.78, 5) is 43.8. The number of benzene rings is 1. The number of thiophene rings is 1. The molecule has 3 aromatic heterocycles. The summed E-state index contributed by atoms with van der Waals surface area (Å²) in [6.45, 7) is -0.614. The third-order valence-corrected chi connectivity index (χ3v) is 6.80. The number of aliphatic hydroxyl groups excluding tert-OH is 1. The lowest BCUT2D eigenvalue weighted by Crippen LogP contribution is -2.28. The number of carbonyl (C=O) groups excluding carboxylic acids is 3. The molecular formula is C23H22N6O4S. The van der Waals surface area contributed by atoms with Crippen molar-refractivity contribution in [1.29, 1.82) is 0 Å². The van der Waals surface area contributed by atoms with E-state index in [1.807, 2.05) is 6.07 Å². The largest absolute Gasteiger partial charge is 0.387 e. The fraction of sp³-hybridized carbons (Fsp3) is 0.217. The Morgan fingerprint density at radius 3 is 2.74 bits per heavy atom. The molecule has 1 fully saturated rings. The number of anilines is 2. The maximum Gasteiger partial charge on any atom is 0.266 e. The van der Waals surface area contributed by atoms with E-state index in [0.29, 0.717) is 27.0 Å². The molecule has 4 aromatic rings. The quantitative estimate of drug-likeness (QED) is 0.278. The molecule has 5 N–H and O–H groups in total. The van der Waals surface area contributed by atoms with Gasteiger partial charge in [0.1, 0.15) is 12.4 Å². The van der Waals surface area contributed by atoms with Crippen LogP contribution < -0.4 is 15.5 Å². The molecule has 10 nitrogen and oxygen atoms in total. The first-order valence-electron chi connectivity index (χ1n) is 10.7. The SMILES string of the molecule is CN(C(=O)CO)c1ccc2c(C(=O)NC3CC3)c(NC(=O)c3ccc(-c4cn[nH]c4)s3)[nH]c2c1. The first-order chi connectivity index (χ1) is 16.4. The minimum absolute atomic E-state index is 0.142. The molecule has 34 heavy (non-hydrogen) atoms. The number of hydrogen-bond donors (Lipinski definition) is 5. The minimum Gasteiger partial charge on any atom is -0.387 e. The van der Waals surface area contributed by atoms with Crippen molar-refractivity contribution in [2.24, 2.45) is 0 Å². The van der Waals surface area contributed by atoms with E-state index in [-0.39, 0.29) is 23.7 Å². The summed E-state index contributed by atoms with van der Waals surface area (Å²) in [5.41, 5.74) is 2.34. The number of amides is 3. The molecule has 174 valence electrons. The zero-order valence-corrected chi connectivity index (χ0v) is 19.0. The van der Waals surface area contributed by atoms with E-state index in [4.69, 9.17) is 5.11 Å². The minimum atomic E-state index is -0.614. The first kappa shape index (κ1) is 21.9. The second kappa shape index (κ2) is 8.76. The number of H-pyrrole nitrogens is 2. The molecule has 1 aromatic carbocycles. The Balaban J connectivity index is 1.48. The van der Waals surface area contributed by atoms with Gasteiger partial charge >= 0.3 is 0 Å². The van der Waals surface area contributed by atoms with Crippen LogP contribution in [0.2, 0.25) is 0 Å². The summed E-state index contributed by atoms with van der Waals surface area (Å²) >= 11 is 1.32. The molecule has 5 rings (SSSR count). The van der Waals surface area contributed by atoms with E-state index in [0.717, 1.165) is 23.3 Å². The van der Waals surface area contributed by atoms with Gasteiger partial charge < -0.3 is 25.6 Å². The normalized spacial score (nSPS) is 13.1. The van der Waals surface area contributed by atoms with Gasteiger partial charge in [0.25, 0.3) is 17.7 Å². The van der Waals surface area contributed by atoms with Crippen LogP contribution in [0.25, 0.3) is 21.3 Å².